The minimum absolute atomic E-state index is 0.519. The van der Waals surface area contributed by atoms with E-state index >= 15 is 0 Å². The molecule has 0 atom stereocenters. The minimum Gasteiger partial charge on any atom is -0.455 e. The van der Waals surface area contributed by atoms with Gasteiger partial charge in [-0.15, -0.1) is 0 Å². The average molecular weight is 1460 g/mol. The number of furan rings is 1. The third kappa shape index (κ3) is 9.44. The molecule has 1 spiro atoms. The van der Waals surface area contributed by atoms with Crippen LogP contribution in [0.3, 0.4) is 0 Å². The van der Waals surface area contributed by atoms with E-state index in [1.54, 1.807) is 0 Å². The van der Waals surface area contributed by atoms with Crippen molar-refractivity contribution in [2.75, 3.05) is 0 Å². The number of benzene rings is 20. The van der Waals surface area contributed by atoms with Crippen molar-refractivity contribution in [3.05, 3.63) is 434 Å². The summed E-state index contributed by atoms with van der Waals surface area (Å²) in [5.74, 6) is 0. The van der Waals surface area contributed by atoms with Crippen molar-refractivity contribution >= 4 is 75.8 Å². The quantitative estimate of drug-likeness (QED) is 0.131. The average Bonchev–Trinajstić information content (AvgIpc) is 1.48. The molecule has 115 heavy (non-hydrogen) atoms. The fourth-order valence-corrected chi connectivity index (χ4v) is 21.2. The van der Waals surface area contributed by atoms with Crippen LogP contribution in [-0.2, 0) is 10.8 Å². The molecule has 0 saturated heterocycles. The molecule has 0 amide bonds. The Labute approximate surface area is 667 Å². The molecule has 3 aliphatic rings. The summed E-state index contributed by atoms with van der Waals surface area (Å²) >= 11 is 0. The fraction of sp³-hybridized carbons (Fsp3) is 0.0351. The van der Waals surface area contributed by atoms with Crippen molar-refractivity contribution in [3.8, 4) is 134 Å². The van der Waals surface area contributed by atoms with E-state index in [4.69, 9.17) is 4.42 Å². The van der Waals surface area contributed by atoms with E-state index in [1.165, 1.54) is 226 Å². The van der Waals surface area contributed by atoms with Crippen molar-refractivity contribution in [2.45, 2.75) is 24.7 Å². The van der Waals surface area contributed by atoms with Gasteiger partial charge in [0.05, 0.1) is 5.41 Å². The molecule has 0 fully saturated rings. The van der Waals surface area contributed by atoms with E-state index in [-0.39, 0.29) is 0 Å². The molecule has 0 aliphatic heterocycles. The highest BCUT2D eigenvalue weighted by atomic mass is 16.3. The van der Waals surface area contributed by atoms with Gasteiger partial charge in [0.1, 0.15) is 11.2 Å². The molecule has 0 radical (unpaired) electrons. The SMILES string of the molecule is CC1(C)c2cc(-c3ccc(-c4c5ccccc5c(-c5cc(-c6ccccc6)cc(-c6ccccc6)c5)c5ccccc45)c4ccccc34)ccc2-c2c1c1c(c3c2oc2ccccc23)C2(c3ccccc3-c3ccccc32)c2cc(-c3c4ccccc4c(-c4cc(-c5ccccc5)cc(-c5ccccc5)c4)c4ccccc34)ccc2-1. The summed E-state index contributed by atoms with van der Waals surface area (Å²) in [5.41, 5.74) is 37.5. The van der Waals surface area contributed by atoms with E-state index in [0.29, 0.717) is 0 Å². The monoisotopic (exact) mass is 1460 g/mol. The highest BCUT2D eigenvalue weighted by Gasteiger charge is 2.56. The first-order valence-electron chi connectivity index (χ1n) is 40.3. The van der Waals surface area contributed by atoms with Crippen LogP contribution in [0.15, 0.2) is 405 Å². The Bertz CT molecular complexity index is 7430. The van der Waals surface area contributed by atoms with Gasteiger partial charge in [-0.1, -0.05) is 360 Å². The van der Waals surface area contributed by atoms with Crippen molar-refractivity contribution < 1.29 is 4.42 Å². The van der Waals surface area contributed by atoms with Crippen LogP contribution in [0.5, 0.6) is 0 Å². The van der Waals surface area contributed by atoms with Crippen LogP contribution < -0.4 is 0 Å². The topological polar surface area (TPSA) is 13.1 Å². The second-order valence-electron chi connectivity index (χ2n) is 32.2. The summed E-state index contributed by atoms with van der Waals surface area (Å²) in [6.45, 7) is 4.98. The molecule has 534 valence electrons. The number of rotatable bonds is 9. The summed E-state index contributed by atoms with van der Waals surface area (Å²) in [6, 6.07) is 151. The Morgan fingerprint density at radius 3 is 0.974 bits per heavy atom. The van der Waals surface area contributed by atoms with E-state index in [2.05, 4.69) is 414 Å². The Morgan fingerprint density at radius 2 is 0.513 bits per heavy atom. The molecule has 0 N–H and O–H groups in total. The first-order valence-corrected chi connectivity index (χ1v) is 40.3. The van der Waals surface area contributed by atoms with Gasteiger partial charge in [0.25, 0.3) is 0 Å². The van der Waals surface area contributed by atoms with Crippen molar-refractivity contribution in [2.24, 2.45) is 0 Å². The first kappa shape index (κ1) is 65.2. The largest absolute Gasteiger partial charge is 0.455 e. The van der Waals surface area contributed by atoms with Crippen LogP contribution >= 0.6 is 0 Å². The second kappa shape index (κ2) is 25.0. The summed E-state index contributed by atoms with van der Waals surface area (Å²) in [6.07, 6.45) is 0. The normalized spacial score (nSPS) is 13.3. The summed E-state index contributed by atoms with van der Waals surface area (Å²) in [5, 5.41) is 14.5. The predicted molar refractivity (Wildman–Crippen MR) is 484 cm³/mol. The molecule has 1 aromatic heterocycles. The zero-order chi connectivity index (χ0) is 75.8. The molecule has 1 nitrogen and oxygen atoms in total. The Morgan fingerprint density at radius 1 is 0.183 bits per heavy atom. The van der Waals surface area contributed by atoms with Crippen molar-refractivity contribution in [3.63, 3.8) is 0 Å². The standard InChI is InChI=1S/C114H72O/c1-113(2)100-67-73(81-59-60-94(83-40-16-15-39-82(81)83)106-92-49-23-21-47-90(92)105(91-48-22-24-50-93(91)106)80-65-77(71-35-11-5-12-36-71)62-78(66-80)72-37-13-6-14-38-72)55-57-95(100)108-110(113)107-96-58-56-74(68-101(96)114(111(107)109-97-51-27-30-54-102(97)115-112(108)109)98-52-28-25-41-84(98)85-42-26-29-53-99(85)114)103-86-43-17-19-45-88(86)104(89-46-20-18-44-87(89)103)79-63-75(69-31-7-3-8-32-69)61-76(64-79)70-33-9-4-10-34-70/h3-68H,1-2H3. The van der Waals surface area contributed by atoms with Crippen LogP contribution in [0, 0.1) is 0 Å². The Balaban J connectivity index is 0.707. The van der Waals surface area contributed by atoms with Gasteiger partial charge in [0.2, 0.25) is 0 Å². The smallest absolute Gasteiger partial charge is 0.143 e. The molecular weight excluding hydrogens is 1390 g/mol. The number of fused-ring (bicyclic) bond motifs is 24. The maximum Gasteiger partial charge on any atom is 0.143 e. The van der Waals surface area contributed by atoms with Gasteiger partial charge < -0.3 is 4.42 Å². The molecule has 0 unspecified atom stereocenters. The highest BCUT2D eigenvalue weighted by molar-refractivity contribution is 6.27. The van der Waals surface area contributed by atoms with Crippen LogP contribution in [0.4, 0.5) is 0 Å². The molecule has 24 rings (SSSR count). The lowest BCUT2D eigenvalue weighted by Crippen LogP contribution is -2.26. The molecule has 1 heteroatoms. The molecule has 0 saturated carbocycles. The van der Waals surface area contributed by atoms with Gasteiger partial charge >= 0.3 is 0 Å². The highest BCUT2D eigenvalue weighted by Crippen LogP contribution is 2.70. The van der Waals surface area contributed by atoms with Gasteiger partial charge in [-0.25, -0.2) is 0 Å². The molecule has 21 aromatic rings. The van der Waals surface area contributed by atoms with E-state index in [1.807, 2.05) is 0 Å². The Hall–Kier alpha value is -14.5. The number of para-hydroxylation sites is 1. The summed E-state index contributed by atoms with van der Waals surface area (Å²) < 4.78 is 7.62. The first-order chi connectivity index (χ1) is 56.8. The van der Waals surface area contributed by atoms with E-state index in [0.717, 1.165) is 16.6 Å². The molecular formula is C114H72O. The van der Waals surface area contributed by atoms with E-state index in [9.17, 15) is 0 Å². The van der Waals surface area contributed by atoms with Gasteiger partial charge in [-0.3, -0.25) is 0 Å². The molecule has 20 aromatic carbocycles. The third-order valence-electron chi connectivity index (χ3n) is 26.0. The van der Waals surface area contributed by atoms with Gasteiger partial charge in [-0.05, 0) is 270 Å². The molecule has 1 heterocycles. The molecule has 3 aliphatic carbocycles. The second-order valence-corrected chi connectivity index (χ2v) is 32.2. The van der Waals surface area contributed by atoms with Crippen molar-refractivity contribution in [1.29, 1.82) is 0 Å². The summed E-state index contributed by atoms with van der Waals surface area (Å²) in [4.78, 5) is 0. The lowest BCUT2D eigenvalue weighted by atomic mass is 9.68. The van der Waals surface area contributed by atoms with Crippen LogP contribution in [0.2, 0.25) is 0 Å². The van der Waals surface area contributed by atoms with E-state index < -0.39 is 10.8 Å². The summed E-state index contributed by atoms with van der Waals surface area (Å²) in [7, 11) is 0. The van der Waals surface area contributed by atoms with Crippen LogP contribution in [0.1, 0.15) is 47.2 Å². The van der Waals surface area contributed by atoms with Crippen LogP contribution in [0.25, 0.3) is 209 Å². The maximum absolute atomic E-state index is 7.62. The maximum atomic E-state index is 7.62. The zero-order valence-electron chi connectivity index (χ0n) is 63.5. The number of hydrogen-bond donors (Lipinski definition) is 0. The predicted octanol–water partition coefficient (Wildman–Crippen LogP) is 31.0. The van der Waals surface area contributed by atoms with Gasteiger partial charge in [-0.2, -0.15) is 0 Å². The fourth-order valence-electron chi connectivity index (χ4n) is 21.2. The van der Waals surface area contributed by atoms with Gasteiger partial charge in [0.15, 0.2) is 0 Å². The Kier molecular flexibility index (Phi) is 14.2. The minimum atomic E-state index is -0.752. The van der Waals surface area contributed by atoms with Gasteiger partial charge in [0, 0.05) is 21.8 Å². The number of hydrogen-bond acceptors (Lipinski definition) is 1. The van der Waals surface area contributed by atoms with Crippen LogP contribution in [-0.4, -0.2) is 0 Å². The zero-order valence-corrected chi connectivity index (χ0v) is 63.5. The third-order valence-corrected chi connectivity index (χ3v) is 26.0. The lowest BCUT2D eigenvalue weighted by molar-refractivity contribution is 0.653. The molecule has 0 bridgehead atoms. The lowest BCUT2D eigenvalue weighted by Gasteiger charge is -2.32. The van der Waals surface area contributed by atoms with Crippen molar-refractivity contribution in [1.82, 2.24) is 0 Å².